The summed E-state index contributed by atoms with van der Waals surface area (Å²) in [4.78, 5) is 25.1. The molecule has 0 radical (unpaired) electrons. The van der Waals surface area contributed by atoms with Crippen molar-refractivity contribution in [3.05, 3.63) is 47.5 Å². The monoisotopic (exact) mass is 656 g/mol. The Labute approximate surface area is 277 Å². The fourth-order valence-electron chi connectivity index (χ4n) is 6.43. The molecule has 5 nitrogen and oxygen atoms in total. The minimum absolute atomic E-state index is 0.0230. The number of methoxy groups -OCH3 is 1. The minimum atomic E-state index is -2.09. The first kappa shape index (κ1) is 37.9. The van der Waals surface area contributed by atoms with Crippen LogP contribution in [0.4, 0.5) is 0 Å². The second kappa shape index (κ2) is 15.6. The van der Waals surface area contributed by atoms with E-state index in [2.05, 4.69) is 104 Å². The van der Waals surface area contributed by atoms with E-state index in [9.17, 15) is 9.59 Å². The third-order valence-corrected chi connectivity index (χ3v) is 20.4. The van der Waals surface area contributed by atoms with Crippen LogP contribution in [0, 0.1) is 11.8 Å². The van der Waals surface area contributed by atoms with Gasteiger partial charge in [-0.3, -0.25) is 9.59 Å². The average molecular weight is 657 g/mol. The van der Waals surface area contributed by atoms with E-state index in [1.807, 2.05) is 0 Å². The molecule has 0 saturated heterocycles. The van der Waals surface area contributed by atoms with E-state index in [0.29, 0.717) is 31.0 Å². The highest BCUT2D eigenvalue weighted by molar-refractivity contribution is 6.74. The SMILES string of the molecule is COC(=O)CCCC=CC[C@H]1C(=O)C[C@@H](O[Si](C)(C)C(C)(C)C)C1c1ccc(C(O[Si](C)(C)C(C)(C)C)C2CCCCC2)cc1. The molecule has 0 amide bonds. The van der Waals surface area contributed by atoms with Gasteiger partial charge in [0.25, 0.3) is 0 Å². The van der Waals surface area contributed by atoms with Gasteiger partial charge in [0.2, 0.25) is 0 Å². The molecule has 2 unspecified atom stereocenters. The molecule has 0 bridgehead atoms. The number of rotatable bonds is 13. The standard InChI is InChI=1S/C38H64O5Si2/c1-37(2,3)44(8,9)42-33-27-32(39)31(21-17-12-13-18-22-34(40)41-7)35(33)28-23-25-30(26-24-28)36(29-19-15-14-16-20-29)43-45(10,11)38(4,5)6/h12,17,23-26,29,31,33,35-36H,13-16,18-22,27H2,1-11H3/t31-,33+,35?,36?/m0/s1. The Hall–Kier alpha value is -1.55. The summed E-state index contributed by atoms with van der Waals surface area (Å²) in [5, 5.41) is 0.217. The third kappa shape index (κ3) is 9.98. The largest absolute Gasteiger partial charge is 0.469 e. The average Bonchev–Trinajstić information content (AvgIpc) is 3.26. The fourth-order valence-corrected chi connectivity index (χ4v) is 9.09. The first-order valence-corrected chi connectivity index (χ1v) is 23.4. The van der Waals surface area contributed by atoms with Crippen LogP contribution in [0.2, 0.25) is 36.3 Å². The number of carbonyl (C=O) groups is 2. The number of ether oxygens (including phenoxy) is 1. The predicted molar refractivity (Wildman–Crippen MR) is 192 cm³/mol. The summed E-state index contributed by atoms with van der Waals surface area (Å²) in [6.45, 7) is 23.1. The van der Waals surface area contributed by atoms with Crippen LogP contribution >= 0.6 is 0 Å². The third-order valence-electron chi connectivity index (χ3n) is 11.4. The minimum Gasteiger partial charge on any atom is -0.469 e. The van der Waals surface area contributed by atoms with E-state index < -0.39 is 16.6 Å². The number of hydrogen-bond acceptors (Lipinski definition) is 5. The van der Waals surface area contributed by atoms with Gasteiger partial charge in [0.05, 0.1) is 19.3 Å². The maximum Gasteiger partial charge on any atom is 0.305 e. The zero-order valence-electron chi connectivity index (χ0n) is 30.5. The quantitative estimate of drug-likeness (QED) is 0.0915. The second-order valence-electron chi connectivity index (χ2n) is 16.8. The van der Waals surface area contributed by atoms with E-state index in [1.165, 1.54) is 50.3 Å². The van der Waals surface area contributed by atoms with Crippen molar-refractivity contribution in [2.45, 2.75) is 160 Å². The molecule has 3 rings (SSSR count). The Balaban J connectivity index is 1.91. The zero-order valence-corrected chi connectivity index (χ0v) is 32.5. The highest BCUT2D eigenvalue weighted by atomic mass is 28.4. The van der Waals surface area contributed by atoms with Crippen LogP contribution in [0.3, 0.4) is 0 Å². The molecular formula is C38H64O5Si2. The van der Waals surface area contributed by atoms with Gasteiger partial charge in [0.1, 0.15) is 5.78 Å². The van der Waals surface area contributed by atoms with Crippen molar-refractivity contribution in [1.29, 1.82) is 0 Å². The number of unbranched alkanes of at least 4 members (excludes halogenated alkanes) is 1. The summed E-state index contributed by atoms with van der Waals surface area (Å²) >= 11 is 0. The first-order valence-electron chi connectivity index (χ1n) is 17.6. The van der Waals surface area contributed by atoms with Gasteiger partial charge in [-0.2, -0.15) is 0 Å². The predicted octanol–water partition coefficient (Wildman–Crippen LogP) is 10.7. The van der Waals surface area contributed by atoms with Crippen molar-refractivity contribution in [2.75, 3.05) is 7.11 Å². The Kier molecular flexibility index (Phi) is 13.1. The van der Waals surface area contributed by atoms with Gasteiger partial charge in [-0.15, -0.1) is 0 Å². The molecule has 0 heterocycles. The number of Topliss-reactive ketones (excluding diaryl/α,β-unsaturated/α-hetero) is 1. The highest BCUT2D eigenvalue weighted by Crippen LogP contribution is 2.48. The zero-order chi connectivity index (χ0) is 33.6. The lowest BCUT2D eigenvalue weighted by molar-refractivity contribution is -0.140. The Bertz CT molecular complexity index is 1140. The number of carbonyl (C=O) groups excluding carboxylic acids is 2. The Morgan fingerprint density at radius 1 is 0.911 bits per heavy atom. The normalized spacial score (nSPS) is 23.1. The van der Waals surface area contributed by atoms with Crippen LogP contribution in [-0.2, 0) is 23.2 Å². The molecule has 1 aromatic rings. The fraction of sp³-hybridized carbons (Fsp3) is 0.737. The van der Waals surface area contributed by atoms with Gasteiger partial charge in [0, 0.05) is 24.7 Å². The molecule has 0 aliphatic heterocycles. The molecule has 45 heavy (non-hydrogen) atoms. The van der Waals surface area contributed by atoms with Gasteiger partial charge in [-0.1, -0.05) is 97.2 Å². The summed E-state index contributed by atoms with van der Waals surface area (Å²) < 4.78 is 19.0. The lowest BCUT2D eigenvalue weighted by Gasteiger charge is -2.42. The summed E-state index contributed by atoms with van der Waals surface area (Å²) in [6, 6.07) is 9.15. The van der Waals surface area contributed by atoms with Gasteiger partial charge >= 0.3 is 5.97 Å². The lowest BCUT2D eigenvalue weighted by atomic mass is 9.81. The molecule has 2 fully saturated rings. The summed E-state index contributed by atoms with van der Waals surface area (Å²) in [5.74, 6) is 0.589. The number of benzene rings is 1. The van der Waals surface area contributed by atoms with Crippen LogP contribution in [-0.4, -0.2) is 41.6 Å². The number of esters is 1. The maximum atomic E-state index is 13.6. The molecule has 254 valence electrons. The van der Waals surface area contributed by atoms with Crippen LogP contribution in [0.15, 0.2) is 36.4 Å². The van der Waals surface area contributed by atoms with Gasteiger partial charge in [-0.25, -0.2) is 0 Å². The summed E-state index contributed by atoms with van der Waals surface area (Å²) in [7, 11) is -2.64. The van der Waals surface area contributed by atoms with Crippen molar-refractivity contribution >= 4 is 28.4 Å². The van der Waals surface area contributed by atoms with E-state index >= 15 is 0 Å². The molecule has 0 spiro atoms. The number of allylic oxidation sites excluding steroid dienone is 2. The molecule has 7 heteroatoms. The van der Waals surface area contributed by atoms with E-state index in [0.717, 1.165) is 12.8 Å². The van der Waals surface area contributed by atoms with E-state index in [4.69, 9.17) is 13.6 Å². The van der Waals surface area contributed by atoms with Crippen molar-refractivity contribution in [3.8, 4) is 0 Å². The molecule has 2 aliphatic rings. The van der Waals surface area contributed by atoms with Crippen LogP contribution in [0.1, 0.15) is 129 Å². The van der Waals surface area contributed by atoms with E-state index in [-0.39, 0.29) is 40.1 Å². The number of hydrogen-bond donors (Lipinski definition) is 0. The molecule has 4 atom stereocenters. The van der Waals surface area contributed by atoms with Crippen molar-refractivity contribution in [2.24, 2.45) is 11.8 Å². The topological polar surface area (TPSA) is 61.8 Å². The molecule has 2 saturated carbocycles. The smallest absolute Gasteiger partial charge is 0.305 e. The molecule has 0 N–H and O–H groups in total. The van der Waals surface area contributed by atoms with Crippen molar-refractivity contribution < 1.29 is 23.2 Å². The molecule has 0 aromatic heterocycles. The summed E-state index contributed by atoms with van der Waals surface area (Å²) in [5.41, 5.74) is 2.48. The maximum absolute atomic E-state index is 13.6. The Morgan fingerprint density at radius 2 is 1.51 bits per heavy atom. The number of ketones is 1. The molecular weight excluding hydrogens is 593 g/mol. The van der Waals surface area contributed by atoms with Crippen molar-refractivity contribution in [1.82, 2.24) is 0 Å². The van der Waals surface area contributed by atoms with Crippen LogP contribution in [0.25, 0.3) is 0 Å². The first-order chi connectivity index (χ1) is 20.9. The van der Waals surface area contributed by atoms with Crippen molar-refractivity contribution in [3.63, 3.8) is 0 Å². The van der Waals surface area contributed by atoms with E-state index in [1.54, 1.807) is 0 Å². The molecule has 1 aromatic carbocycles. The lowest BCUT2D eigenvalue weighted by Crippen LogP contribution is -2.44. The van der Waals surface area contributed by atoms with Gasteiger partial charge < -0.3 is 13.6 Å². The van der Waals surface area contributed by atoms with Gasteiger partial charge in [0.15, 0.2) is 16.6 Å². The molecule has 2 aliphatic carbocycles. The summed E-state index contributed by atoms with van der Waals surface area (Å²) in [6.07, 6.45) is 13.8. The van der Waals surface area contributed by atoms with Crippen LogP contribution < -0.4 is 0 Å². The van der Waals surface area contributed by atoms with Crippen LogP contribution in [0.5, 0.6) is 0 Å². The van der Waals surface area contributed by atoms with Gasteiger partial charge in [-0.05, 0) is 85.4 Å². The Morgan fingerprint density at radius 3 is 2.07 bits per heavy atom. The second-order valence-corrected chi connectivity index (χ2v) is 26.3. The highest BCUT2D eigenvalue weighted by Gasteiger charge is 2.48.